The number of benzene rings is 1. The first-order chi connectivity index (χ1) is 6.49. The third kappa shape index (κ3) is 1.45. The van der Waals surface area contributed by atoms with E-state index in [9.17, 15) is 5.11 Å². The zero-order valence-corrected chi connectivity index (χ0v) is 8.83. The highest BCUT2D eigenvalue weighted by Gasteiger charge is 2.33. The summed E-state index contributed by atoms with van der Waals surface area (Å²) in [5, 5.41) is 11.2. The molecule has 2 rings (SSSR count). The van der Waals surface area contributed by atoms with Crippen molar-refractivity contribution in [3.05, 3.63) is 23.8 Å². The Morgan fingerprint density at radius 2 is 2.14 bits per heavy atom. The summed E-state index contributed by atoms with van der Waals surface area (Å²) >= 11 is 0. The van der Waals surface area contributed by atoms with Crippen molar-refractivity contribution in [3.63, 3.8) is 0 Å². The topological polar surface area (TPSA) is 29.1 Å². The van der Waals surface area contributed by atoms with E-state index in [-0.39, 0.29) is 11.4 Å². The molecule has 0 aromatic heterocycles. The van der Waals surface area contributed by atoms with Crippen LogP contribution in [0.3, 0.4) is 0 Å². The van der Waals surface area contributed by atoms with E-state index in [2.05, 4.69) is 20.8 Å². The molecule has 1 aromatic carbocycles. The molecule has 1 aromatic rings. The third-order valence-corrected chi connectivity index (χ3v) is 3.12. The van der Waals surface area contributed by atoms with Crippen molar-refractivity contribution in [1.29, 1.82) is 0 Å². The lowest BCUT2D eigenvalue weighted by atomic mass is 9.84. The molecule has 0 amide bonds. The maximum absolute atomic E-state index is 11.2. The van der Waals surface area contributed by atoms with Crippen LogP contribution in [0.1, 0.15) is 26.3 Å². The summed E-state index contributed by atoms with van der Waals surface area (Å²) in [7, 11) is 0. The fraction of sp³-hybridized carbons (Fsp3) is 0.500. The van der Waals surface area contributed by atoms with E-state index < -0.39 is 0 Å². The lowest BCUT2D eigenvalue weighted by molar-refractivity contribution is 0.0351. The first kappa shape index (κ1) is 9.38. The quantitative estimate of drug-likeness (QED) is 0.619. The highest BCUT2D eigenvalue weighted by Crippen LogP contribution is 2.38. The molecule has 1 radical (unpaired) electrons. The van der Waals surface area contributed by atoms with Crippen molar-refractivity contribution in [2.75, 3.05) is 0 Å². The minimum absolute atomic E-state index is 0.0223. The van der Waals surface area contributed by atoms with Crippen molar-refractivity contribution >= 4 is 0 Å². The van der Waals surface area contributed by atoms with E-state index in [1.807, 2.05) is 6.07 Å². The molecule has 0 aliphatic carbocycles. The van der Waals surface area contributed by atoms with Gasteiger partial charge in [-0.3, -0.25) is 5.11 Å². The van der Waals surface area contributed by atoms with Crippen LogP contribution in [0, 0.1) is 5.92 Å². The fourth-order valence-corrected chi connectivity index (χ4v) is 1.76. The largest absolute Gasteiger partial charge is 0.487 e. The van der Waals surface area contributed by atoms with Crippen LogP contribution in [0.4, 0.5) is 0 Å². The number of fused-ring (bicyclic) bond motifs is 1. The van der Waals surface area contributed by atoms with Gasteiger partial charge in [-0.05, 0) is 37.8 Å². The number of ether oxygens (including phenoxy) is 1. The molecule has 0 spiro atoms. The zero-order chi connectivity index (χ0) is 10.3. The summed E-state index contributed by atoms with van der Waals surface area (Å²) in [6, 6.07) is 5.07. The Morgan fingerprint density at radius 1 is 1.43 bits per heavy atom. The van der Waals surface area contributed by atoms with Gasteiger partial charge >= 0.3 is 0 Å². The summed E-state index contributed by atoms with van der Waals surface area (Å²) in [5.74, 6) is 1.27. The third-order valence-electron chi connectivity index (χ3n) is 3.12. The molecule has 0 fully saturated rings. The number of hydrogen-bond acceptors (Lipinski definition) is 1. The van der Waals surface area contributed by atoms with Gasteiger partial charge in [-0.25, -0.2) is 0 Å². The second-order valence-corrected chi connectivity index (χ2v) is 4.58. The molecule has 75 valence electrons. The Kier molecular flexibility index (Phi) is 1.95. The van der Waals surface area contributed by atoms with E-state index in [0.29, 0.717) is 5.92 Å². The molecule has 1 heterocycles. The van der Waals surface area contributed by atoms with Crippen molar-refractivity contribution < 1.29 is 9.84 Å². The summed E-state index contributed by atoms with van der Waals surface area (Å²) in [6.45, 7) is 6.31. The van der Waals surface area contributed by atoms with E-state index in [0.717, 1.165) is 17.7 Å². The van der Waals surface area contributed by atoms with Gasteiger partial charge < -0.3 is 4.74 Å². The molecule has 1 aliphatic rings. The minimum atomic E-state index is -0.166. The molecule has 1 atom stereocenters. The van der Waals surface area contributed by atoms with Crippen molar-refractivity contribution in [2.45, 2.75) is 32.8 Å². The Bertz CT molecular complexity index is 355. The molecule has 0 saturated carbocycles. The SMILES string of the molecule is CC1Cc2ccc([O])cc2OC1(C)C. The molecule has 1 aliphatic heterocycles. The molecule has 0 bridgehead atoms. The summed E-state index contributed by atoms with van der Waals surface area (Å²) in [6.07, 6.45) is 0.989. The van der Waals surface area contributed by atoms with Crippen LogP contribution in [-0.4, -0.2) is 5.60 Å². The van der Waals surface area contributed by atoms with Crippen LogP contribution < -0.4 is 4.74 Å². The van der Waals surface area contributed by atoms with Crippen molar-refractivity contribution in [3.8, 4) is 11.5 Å². The van der Waals surface area contributed by atoms with Gasteiger partial charge in [0.2, 0.25) is 0 Å². The van der Waals surface area contributed by atoms with E-state index >= 15 is 0 Å². The Hall–Kier alpha value is -1.18. The molecular weight excluding hydrogens is 176 g/mol. The highest BCUT2D eigenvalue weighted by atomic mass is 16.5. The molecule has 0 N–H and O–H groups in total. The van der Waals surface area contributed by atoms with E-state index in [1.165, 1.54) is 0 Å². The van der Waals surface area contributed by atoms with Gasteiger partial charge in [0.25, 0.3) is 0 Å². The summed E-state index contributed by atoms with van der Waals surface area (Å²) in [5.41, 5.74) is 0.984. The standard InChI is InChI=1S/C12H15O2/c1-8-6-9-4-5-10(13)7-11(9)14-12(8,2)3/h4-5,7-8H,6H2,1-3H3. The van der Waals surface area contributed by atoms with Gasteiger partial charge in [-0.1, -0.05) is 13.0 Å². The monoisotopic (exact) mass is 191 g/mol. The smallest absolute Gasteiger partial charge is 0.182 e. The van der Waals surface area contributed by atoms with Crippen LogP contribution in [0.2, 0.25) is 0 Å². The predicted molar refractivity (Wildman–Crippen MR) is 54.1 cm³/mol. The lowest BCUT2D eigenvalue weighted by Gasteiger charge is -2.38. The molecule has 14 heavy (non-hydrogen) atoms. The maximum atomic E-state index is 11.2. The van der Waals surface area contributed by atoms with Crippen molar-refractivity contribution in [2.24, 2.45) is 5.92 Å². The van der Waals surface area contributed by atoms with Gasteiger partial charge in [0.1, 0.15) is 11.4 Å². The van der Waals surface area contributed by atoms with Gasteiger partial charge in [0.15, 0.2) is 5.75 Å². The Balaban J connectivity index is 2.41. The maximum Gasteiger partial charge on any atom is 0.182 e. The fourth-order valence-electron chi connectivity index (χ4n) is 1.76. The van der Waals surface area contributed by atoms with Crippen LogP contribution in [0.25, 0.3) is 0 Å². The average molecular weight is 191 g/mol. The van der Waals surface area contributed by atoms with E-state index in [4.69, 9.17) is 4.74 Å². The van der Waals surface area contributed by atoms with Crippen LogP contribution in [0.5, 0.6) is 11.5 Å². The Morgan fingerprint density at radius 3 is 2.86 bits per heavy atom. The number of rotatable bonds is 0. The second-order valence-electron chi connectivity index (χ2n) is 4.58. The van der Waals surface area contributed by atoms with Gasteiger partial charge in [0.05, 0.1) is 0 Å². The van der Waals surface area contributed by atoms with E-state index in [1.54, 1.807) is 12.1 Å². The first-order valence-corrected chi connectivity index (χ1v) is 4.98. The van der Waals surface area contributed by atoms with Crippen LogP contribution in [-0.2, 0) is 11.5 Å². The first-order valence-electron chi connectivity index (χ1n) is 4.98. The van der Waals surface area contributed by atoms with Gasteiger partial charge in [0, 0.05) is 6.07 Å². The summed E-state index contributed by atoms with van der Waals surface area (Å²) in [4.78, 5) is 0. The van der Waals surface area contributed by atoms with Crippen LogP contribution >= 0.6 is 0 Å². The molecule has 1 unspecified atom stereocenters. The van der Waals surface area contributed by atoms with Crippen molar-refractivity contribution in [1.82, 2.24) is 0 Å². The lowest BCUT2D eigenvalue weighted by Crippen LogP contribution is -2.40. The van der Waals surface area contributed by atoms with Gasteiger partial charge in [-0.15, -0.1) is 0 Å². The average Bonchev–Trinajstić information content (AvgIpc) is 2.07. The second kappa shape index (κ2) is 2.91. The number of hydrogen-bond donors (Lipinski definition) is 0. The molecule has 2 heteroatoms. The van der Waals surface area contributed by atoms with Gasteiger partial charge in [-0.2, -0.15) is 0 Å². The molecular formula is C12H15O2. The molecule has 2 nitrogen and oxygen atoms in total. The normalized spacial score (nSPS) is 23.8. The predicted octanol–water partition coefficient (Wildman–Crippen LogP) is 3.18. The zero-order valence-electron chi connectivity index (χ0n) is 8.83. The Labute approximate surface area is 84.5 Å². The van der Waals surface area contributed by atoms with Crippen LogP contribution in [0.15, 0.2) is 18.2 Å². The molecule has 0 saturated heterocycles. The minimum Gasteiger partial charge on any atom is -0.487 e. The summed E-state index contributed by atoms with van der Waals surface area (Å²) < 4.78 is 5.81. The highest BCUT2D eigenvalue weighted by molar-refractivity contribution is 5.42.